The van der Waals surface area contributed by atoms with Crippen molar-refractivity contribution in [1.82, 2.24) is 19.8 Å². The molecule has 1 N–H and O–H groups in total. The predicted octanol–water partition coefficient (Wildman–Crippen LogP) is 3.92. The molecule has 0 unspecified atom stereocenters. The van der Waals surface area contributed by atoms with Gasteiger partial charge in [-0.15, -0.1) is 0 Å². The lowest BCUT2D eigenvalue weighted by molar-refractivity contribution is -0.137. The van der Waals surface area contributed by atoms with Gasteiger partial charge in [-0.1, -0.05) is 36.4 Å². The van der Waals surface area contributed by atoms with Crippen LogP contribution < -0.4 is 5.32 Å². The average molecular weight is 456 g/mol. The molecule has 0 aliphatic carbocycles. The summed E-state index contributed by atoms with van der Waals surface area (Å²) in [4.78, 5) is 38.6. The Hall–Kier alpha value is -3.74. The lowest BCUT2D eigenvalue weighted by atomic mass is 9.75. The third-order valence-corrected chi connectivity index (χ3v) is 7.20. The van der Waals surface area contributed by atoms with Crippen LogP contribution in [0.4, 0.5) is 11.6 Å². The van der Waals surface area contributed by atoms with Crippen LogP contribution in [0.15, 0.2) is 73.1 Å². The summed E-state index contributed by atoms with van der Waals surface area (Å²) >= 11 is 0. The van der Waals surface area contributed by atoms with Crippen LogP contribution in [0.25, 0.3) is 0 Å². The van der Waals surface area contributed by atoms with Gasteiger partial charge in [0.25, 0.3) is 5.91 Å². The fraction of sp³-hybridized carbons (Fsp3) is 0.333. The maximum absolute atomic E-state index is 13.2. The molecule has 2 saturated heterocycles. The van der Waals surface area contributed by atoms with E-state index < -0.39 is 0 Å². The Morgan fingerprint density at radius 1 is 1.03 bits per heavy atom. The molecule has 1 atom stereocenters. The minimum Gasteiger partial charge on any atom is -0.342 e. The van der Waals surface area contributed by atoms with Gasteiger partial charge in [-0.3, -0.25) is 9.59 Å². The Kier molecular flexibility index (Phi) is 6.01. The predicted molar refractivity (Wildman–Crippen MR) is 131 cm³/mol. The van der Waals surface area contributed by atoms with Gasteiger partial charge in [0.05, 0.1) is 5.41 Å². The number of benzene rings is 2. The lowest BCUT2D eigenvalue weighted by Crippen LogP contribution is -2.46. The summed E-state index contributed by atoms with van der Waals surface area (Å²) < 4.78 is 0. The van der Waals surface area contributed by atoms with Crippen molar-refractivity contribution in [1.29, 1.82) is 0 Å². The molecular weight excluding hydrogens is 426 g/mol. The largest absolute Gasteiger partial charge is 0.342 e. The van der Waals surface area contributed by atoms with Crippen molar-refractivity contribution >= 4 is 23.5 Å². The lowest BCUT2D eigenvalue weighted by Gasteiger charge is -2.37. The number of piperidine rings is 1. The van der Waals surface area contributed by atoms with E-state index in [-0.39, 0.29) is 23.3 Å². The maximum atomic E-state index is 13.2. The van der Waals surface area contributed by atoms with E-state index in [0.717, 1.165) is 18.5 Å². The fourth-order valence-corrected chi connectivity index (χ4v) is 5.27. The number of carbonyl (C=O) groups is 2. The second-order valence-corrected chi connectivity index (χ2v) is 9.31. The minimum atomic E-state index is -0.348. The highest BCUT2D eigenvalue weighted by molar-refractivity contribution is 5.95. The van der Waals surface area contributed by atoms with Crippen LogP contribution >= 0.6 is 0 Å². The molecule has 174 valence electrons. The van der Waals surface area contributed by atoms with Gasteiger partial charge in [-0.2, -0.15) is 0 Å². The van der Waals surface area contributed by atoms with Crippen LogP contribution in [-0.2, 0) is 11.2 Å². The zero-order valence-corrected chi connectivity index (χ0v) is 19.4. The zero-order valence-electron chi connectivity index (χ0n) is 19.4. The van der Waals surface area contributed by atoms with E-state index in [2.05, 4.69) is 27.4 Å². The summed E-state index contributed by atoms with van der Waals surface area (Å²) in [6, 6.07) is 19.7. The number of hydrogen-bond donors (Lipinski definition) is 1. The zero-order chi connectivity index (χ0) is 23.5. The highest BCUT2D eigenvalue weighted by atomic mass is 16.2. The van der Waals surface area contributed by atoms with Crippen molar-refractivity contribution < 1.29 is 9.59 Å². The molecule has 5 rings (SSSR count). The number of rotatable bonds is 5. The standard InChI is InChI=1S/C27H29N5O2/c1-31-23(17-20-7-3-2-4-8-20)19-27(25(31)34)11-15-32(16-12-27)24(33)21-9-5-10-22(18-21)30-26-28-13-6-14-29-26/h2-10,13-14,18,23H,11-12,15-17,19H2,1H3,(H,28,29,30)/t23-/m1/s1. The Morgan fingerprint density at radius 3 is 2.50 bits per heavy atom. The van der Waals surface area contributed by atoms with Crippen LogP contribution in [0.3, 0.4) is 0 Å². The molecule has 3 aromatic rings. The molecule has 1 aromatic heterocycles. The summed E-state index contributed by atoms with van der Waals surface area (Å²) in [7, 11) is 1.93. The van der Waals surface area contributed by atoms with Crippen LogP contribution in [-0.4, -0.2) is 57.8 Å². The molecule has 7 nitrogen and oxygen atoms in total. The number of carbonyl (C=O) groups excluding carboxylic acids is 2. The van der Waals surface area contributed by atoms with Gasteiger partial charge < -0.3 is 15.1 Å². The van der Waals surface area contributed by atoms with Crippen LogP contribution in [0.2, 0.25) is 0 Å². The first-order valence-electron chi connectivity index (χ1n) is 11.8. The molecule has 3 heterocycles. The summed E-state index contributed by atoms with van der Waals surface area (Å²) in [5.74, 6) is 0.711. The molecular formula is C27H29N5O2. The Balaban J connectivity index is 1.23. The molecule has 34 heavy (non-hydrogen) atoms. The van der Waals surface area contributed by atoms with Gasteiger partial charge in [0.1, 0.15) is 0 Å². The summed E-state index contributed by atoms with van der Waals surface area (Å²) in [6.45, 7) is 1.19. The van der Waals surface area contributed by atoms with E-state index in [1.165, 1.54) is 5.56 Å². The van der Waals surface area contributed by atoms with Crippen molar-refractivity contribution in [2.75, 3.05) is 25.5 Å². The first-order valence-corrected chi connectivity index (χ1v) is 11.8. The number of likely N-dealkylation sites (tertiary alicyclic amines) is 2. The van der Waals surface area contributed by atoms with Gasteiger partial charge in [0, 0.05) is 49.8 Å². The number of nitrogens with one attached hydrogen (secondary N) is 1. The highest BCUT2D eigenvalue weighted by Gasteiger charge is 2.51. The van der Waals surface area contributed by atoms with Gasteiger partial charge >= 0.3 is 0 Å². The molecule has 0 bridgehead atoms. The molecule has 7 heteroatoms. The second-order valence-electron chi connectivity index (χ2n) is 9.31. The van der Waals surface area contributed by atoms with Crippen molar-refractivity contribution in [3.8, 4) is 0 Å². The number of hydrogen-bond acceptors (Lipinski definition) is 5. The van der Waals surface area contributed by atoms with Crippen molar-refractivity contribution in [3.63, 3.8) is 0 Å². The monoisotopic (exact) mass is 455 g/mol. The molecule has 2 aromatic carbocycles. The normalized spacial score (nSPS) is 19.4. The second kappa shape index (κ2) is 9.25. The third-order valence-electron chi connectivity index (χ3n) is 7.20. The number of amides is 2. The first-order chi connectivity index (χ1) is 16.5. The summed E-state index contributed by atoms with van der Waals surface area (Å²) in [5.41, 5.74) is 2.29. The third kappa shape index (κ3) is 4.38. The van der Waals surface area contributed by atoms with E-state index in [4.69, 9.17) is 0 Å². The molecule has 2 fully saturated rings. The minimum absolute atomic E-state index is 0.00730. The van der Waals surface area contributed by atoms with E-state index in [1.54, 1.807) is 18.5 Å². The topological polar surface area (TPSA) is 78.4 Å². The summed E-state index contributed by atoms with van der Waals surface area (Å²) in [6.07, 6.45) is 6.49. The van der Waals surface area contributed by atoms with Gasteiger partial charge in [-0.25, -0.2) is 9.97 Å². The fourth-order valence-electron chi connectivity index (χ4n) is 5.27. The van der Waals surface area contributed by atoms with E-state index >= 15 is 0 Å². The van der Waals surface area contributed by atoms with Gasteiger partial charge in [0.2, 0.25) is 11.9 Å². The van der Waals surface area contributed by atoms with Gasteiger partial charge in [0.15, 0.2) is 0 Å². The molecule has 2 amide bonds. The number of aromatic nitrogens is 2. The van der Waals surface area contributed by atoms with E-state index in [9.17, 15) is 9.59 Å². The maximum Gasteiger partial charge on any atom is 0.253 e. The van der Waals surface area contributed by atoms with Crippen molar-refractivity contribution in [2.24, 2.45) is 5.41 Å². The highest BCUT2D eigenvalue weighted by Crippen LogP contribution is 2.44. The van der Waals surface area contributed by atoms with Crippen LogP contribution in [0, 0.1) is 5.41 Å². The molecule has 0 saturated carbocycles. The number of anilines is 2. The molecule has 2 aliphatic heterocycles. The first kappa shape index (κ1) is 22.1. The number of likely N-dealkylation sites (N-methyl/N-ethyl adjacent to an activating group) is 1. The number of nitrogens with zero attached hydrogens (tertiary/aromatic N) is 4. The van der Waals surface area contributed by atoms with Crippen molar-refractivity contribution in [3.05, 3.63) is 84.2 Å². The Bertz CT molecular complexity index is 1160. The van der Waals surface area contributed by atoms with Crippen LogP contribution in [0.5, 0.6) is 0 Å². The molecule has 2 aliphatic rings. The average Bonchev–Trinajstić information content (AvgIpc) is 3.10. The van der Waals surface area contributed by atoms with Crippen molar-refractivity contribution in [2.45, 2.75) is 31.7 Å². The smallest absolute Gasteiger partial charge is 0.253 e. The summed E-state index contributed by atoms with van der Waals surface area (Å²) in [5, 5.41) is 3.13. The van der Waals surface area contributed by atoms with Crippen LogP contribution in [0.1, 0.15) is 35.2 Å². The molecule has 1 spiro atoms. The van der Waals surface area contributed by atoms with E-state index in [0.29, 0.717) is 37.4 Å². The van der Waals surface area contributed by atoms with Gasteiger partial charge in [-0.05, 0) is 55.5 Å². The van der Waals surface area contributed by atoms with E-state index in [1.807, 2.05) is 59.3 Å². The SMILES string of the molecule is CN1C(=O)C2(CCN(C(=O)c3cccc(Nc4ncccn4)c3)CC2)C[C@H]1Cc1ccccc1. The Morgan fingerprint density at radius 2 is 1.76 bits per heavy atom. The quantitative estimate of drug-likeness (QED) is 0.631. The Labute approximate surface area is 199 Å². The molecule has 0 radical (unpaired) electrons.